The molecule has 0 N–H and O–H groups in total. The maximum absolute atomic E-state index is 5.98. The number of hydrogen-bond acceptors (Lipinski definition) is 2. The Morgan fingerprint density at radius 1 is 0.792 bits per heavy atom. The van der Waals surface area contributed by atoms with Gasteiger partial charge in [-0.3, -0.25) is 0 Å². The topological polar surface area (TPSA) is 18.5 Å². The van der Waals surface area contributed by atoms with Gasteiger partial charge in [0, 0.05) is 26.6 Å². The zero-order chi connectivity index (χ0) is 17.7. The molecular formula is C22H38O2. The maximum atomic E-state index is 5.98. The number of unbranched alkanes of at least 4 members (excludes halogenated alkanes) is 5. The van der Waals surface area contributed by atoms with Crippen molar-refractivity contribution in [3.8, 4) is 0 Å². The van der Waals surface area contributed by atoms with Crippen molar-refractivity contribution in [2.45, 2.75) is 83.8 Å². The lowest BCUT2D eigenvalue weighted by Gasteiger charge is -2.39. The SMILES string of the molecule is CCCCCCCCC(CCC)C(Cc1ccccc1)(OC)OC. The van der Waals surface area contributed by atoms with E-state index >= 15 is 0 Å². The van der Waals surface area contributed by atoms with E-state index in [0.717, 1.165) is 12.8 Å². The molecule has 0 amide bonds. The second-order valence-corrected chi connectivity index (χ2v) is 6.92. The fraction of sp³-hybridized carbons (Fsp3) is 0.727. The standard InChI is InChI=1S/C22H38O2/c1-5-7-8-9-10-14-18-21(15-6-2)22(23-3,24-4)19-20-16-12-11-13-17-20/h11-13,16-17,21H,5-10,14-15,18-19H2,1-4H3. The van der Waals surface area contributed by atoms with Crippen LogP contribution in [0.2, 0.25) is 0 Å². The summed E-state index contributed by atoms with van der Waals surface area (Å²) in [6.45, 7) is 4.53. The van der Waals surface area contributed by atoms with Crippen molar-refractivity contribution >= 4 is 0 Å². The summed E-state index contributed by atoms with van der Waals surface area (Å²) in [6.07, 6.45) is 12.4. The van der Waals surface area contributed by atoms with Gasteiger partial charge in [-0.15, -0.1) is 0 Å². The van der Waals surface area contributed by atoms with Gasteiger partial charge in [0.1, 0.15) is 0 Å². The Morgan fingerprint density at radius 2 is 1.42 bits per heavy atom. The van der Waals surface area contributed by atoms with Crippen LogP contribution < -0.4 is 0 Å². The van der Waals surface area contributed by atoms with Crippen molar-refractivity contribution in [3.05, 3.63) is 35.9 Å². The smallest absolute Gasteiger partial charge is 0.174 e. The first-order chi connectivity index (χ1) is 11.7. The maximum Gasteiger partial charge on any atom is 0.174 e. The second kappa shape index (κ2) is 12.5. The first-order valence-corrected chi connectivity index (χ1v) is 9.86. The molecular weight excluding hydrogens is 296 g/mol. The summed E-state index contributed by atoms with van der Waals surface area (Å²) in [5.41, 5.74) is 1.28. The van der Waals surface area contributed by atoms with Crippen LogP contribution in [0.3, 0.4) is 0 Å². The van der Waals surface area contributed by atoms with Crippen LogP contribution in [-0.2, 0) is 15.9 Å². The normalized spacial score (nSPS) is 13.2. The van der Waals surface area contributed by atoms with Crippen LogP contribution in [0.4, 0.5) is 0 Å². The number of rotatable bonds is 14. The Morgan fingerprint density at radius 3 is 2.00 bits per heavy atom. The van der Waals surface area contributed by atoms with Crippen LogP contribution in [0.1, 0.15) is 77.2 Å². The van der Waals surface area contributed by atoms with Crippen molar-refractivity contribution in [3.63, 3.8) is 0 Å². The predicted molar refractivity (Wildman–Crippen MR) is 103 cm³/mol. The average molecular weight is 335 g/mol. The van der Waals surface area contributed by atoms with E-state index in [9.17, 15) is 0 Å². The Hall–Kier alpha value is -0.860. The Kier molecular flexibility index (Phi) is 11.0. The fourth-order valence-corrected chi connectivity index (χ4v) is 3.69. The molecule has 0 spiro atoms. The van der Waals surface area contributed by atoms with Crippen LogP contribution in [0.25, 0.3) is 0 Å². The third-order valence-electron chi connectivity index (χ3n) is 5.15. The van der Waals surface area contributed by atoms with Crippen LogP contribution in [0.5, 0.6) is 0 Å². The highest BCUT2D eigenvalue weighted by molar-refractivity contribution is 5.16. The monoisotopic (exact) mass is 334 g/mol. The number of methoxy groups -OCH3 is 2. The molecule has 0 saturated carbocycles. The summed E-state index contributed by atoms with van der Waals surface area (Å²) < 4.78 is 12.0. The molecule has 1 aromatic carbocycles. The molecule has 1 atom stereocenters. The molecule has 0 fully saturated rings. The molecule has 0 radical (unpaired) electrons. The molecule has 0 aliphatic carbocycles. The zero-order valence-corrected chi connectivity index (χ0v) is 16.4. The first-order valence-electron chi connectivity index (χ1n) is 9.86. The lowest BCUT2D eigenvalue weighted by atomic mass is 9.84. The molecule has 0 bridgehead atoms. The molecule has 24 heavy (non-hydrogen) atoms. The highest BCUT2D eigenvalue weighted by Gasteiger charge is 2.38. The van der Waals surface area contributed by atoms with Crippen molar-refractivity contribution in [2.24, 2.45) is 5.92 Å². The summed E-state index contributed by atoms with van der Waals surface area (Å²) in [4.78, 5) is 0. The van der Waals surface area contributed by atoms with Gasteiger partial charge in [0.05, 0.1) is 0 Å². The minimum atomic E-state index is -0.499. The summed E-state index contributed by atoms with van der Waals surface area (Å²) in [5, 5.41) is 0. The molecule has 1 unspecified atom stereocenters. The molecule has 0 aromatic heterocycles. The molecule has 1 aromatic rings. The van der Waals surface area contributed by atoms with Gasteiger partial charge >= 0.3 is 0 Å². The molecule has 138 valence electrons. The minimum Gasteiger partial charge on any atom is -0.353 e. The van der Waals surface area contributed by atoms with Gasteiger partial charge < -0.3 is 9.47 Å². The van der Waals surface area contributed by atoms with Crippen molar-refractivity contribution < 1.29 is 9.47 Å². The molecule has 0 heterocycles. The van der Waals surface area contributed by atoms with E-state index in [1.54, 1.807) is 14.2 Å². The van der Waals surface area contributed by atoms with Gasteiger partial charge in [0.15, 0.2) is 5.79 Å². The lowest BCUT2D eigenvalue weighted by molar-refractivity contribution is -0.242. The highest BCUT2D eigenvalue weighted by atomic mass is 16.7. The van der Waals surface area contributed by atoms with E-state index < -0.39 is 5.79 Å². The van der Waals surface area contributed by atoms with Crippen molar-refractivity contribution in [1.29, 1.82) is 0 Å². The van der Waals surface area contributed by atoms with Gasteiger partial charge in [0.25, 0.3) is 0 Å². The third-order valence-corrected chi connectivity index (χ3v) is 5.15. The molecule has 1 rings (SSSR count). The van der Waals surface area contributed by atoms with Gasteiger partial charge in [-0.25, -0.2) is 0 Å². The summed E-state index contributed by atoms with van der Waals surface area (Å²) >= 11 is 0. The second-order valence-electron chi connectivity index (χ2n) is 6.92. The van der Waals surface area contributed by atoms with Gasteiger partial charge in [0.2, 0.25) is 0 Å². The molecule has 2 nitrogen and oxygen atoms in total. The first kappa shape index (κ1) is 21.2. The van der Waals surface area contributed by atoms with Crippen LogP contribution in [-0.4, -0.2) is 20.0 Å². The van der Waals surface area contributed by atoms with E-state index in [-0.39, 0.29) is 0 Å². The third kappa shape index (κ3) is 6.94. The zero-order valence-electron chi connectivity index (χ0n) is 16.4. The lowest BCUT2D eigenvalue weighted by Crippen LogP contribution is -2.44. The van der Waals surface area contributed by atoms with E-state index in [2.05, 4.69) is 44.2 Å². The van der Waals surface area contributed by atoms with Crippen molar-refractivity contribution in [1.82, 2.24) is 0 Å². The van der Waals surface area contributed by atoms with E-state index in [0.29, 0.717) is 5.92 Å². The minimum absolute atomic E-state index is 0.448. The Balaban J connectivity index is 2.67. The largest absolute Gasteiger partial charge is 0.353 e. The molecule has 0 aliphatic heterocycles. The highest BCUT2D eigenvalue weighted by Crippen LogP contribution is 2.34. The van der Waals surface area contributed by atoms with Crippen LogP contribution in [0.15, 0.2) is 30.3 Å². The van der Waals surface area contributed by atoms with Crippen LogP contribution in [0, 0.1) is 5.92 Å². The Bertz CT molecular complexity index is 398. The predicted octanol–water partition coefficient (Wildman–Crippen LogP) is 6.39. The summed E-state index contributed by atoms with van der Waals surface area (Å²) in [5.74, 6) is -0.0512. The van der Waals surface area contributed by atoms with Crippen LogP contribution >= 0.6 is 0 Å². The molecule has 0 aliphatic rings. The number of hydrogen-bond donors (Lipinski definition) is 0. The van der Waals surface area contributed by atoms with E-state index in [1.807, 2.05) is 0 Å². The number of benzene rings is 1. The summed E-state index contributed by atoms with van der Waals surface area (Å²) in [6, 6.07) is 10.6. The number of ether oxygens (including phenoxy) is 2. The van der Waals surface area contributed by atoms with E-state index in [1.165, 1.54) is 56.9 Å². The Labute approximate surface area is 149 Å². The molecule has 2 heteroatoms. The quantitative estimate of drug-likeness (QED) is 0.290. The van der Waals surface area contributed by atoms with Crippen molar-refractivity contribution in [2.75, 3.05) is 14.2 Å². The average Bonchev–Trinajstić information content (AvgIpc) is 2.63. The van der Waals surface area contributed by atoms with Gasteiger partial charge in [-0.1, -0.05) is 89.1 Å². The van der Waals surface area contributed by atoms with Gasteiger partial charge in [-0.05, 0) is 18.4 Å². The van der Waals surface area contributed by atoms with Gasteiger partial charge in [-0.2, -0.15) is 0 Å². The molecule has 0 saturated heterocycles. The van der Waals surface area contributed by atoms with E-state index in [4.69, 9.17) is 9.47 Å². The summed E-state index contributed by atoms with van der Waals surface area (Å²) in [7, 11) is 3.60. The fourth-order valence-electron chi connectivity index (χ4n) is 3.69.